The van der Waals surface area contributed by atoms with Crippen molar-refractivity contribution in [3.8, 4) is 0 Å². The van der Waals surface area contributed by atoms with E-state index in [0.717, 1.165) is 12.1 Å². The van der Waals surface area contributed by atoms with Gasteiger partial charge >= 0.3 is 0 Å². The molecule has 0 heterocycles. The fourth-order valence-corrected chi connectivity index (χ4v) is 1.36. The minimum Gasteiger partial charge on any atom is -0.395 e. The largest absolute Gasteiger partial charge is 0.395 e. The van der Waals surface area contributed by atoms with E-state index in [1.165, 1.54) is 17.0 Å². The summed E-state index contributed by atoms with van der Waals surface area (Å²) in [6, 6.07) is 2.94. The van der Waals surface area contributed by atoms with E-state index in [1.54, 1.807) is 0 Å². The second-order valence-corrected chi connectivity index (χ2v) is 3.39. The van der Waals surface area contributed by atoms with Crippen LogP contribution < -0.4 is 0 Å². The lowest BCUT2D eigenvalue weighted by Gasteiger charge is -2.19. The highest BCUT2D eigenvalue weighted by Crippen LogP contribution is 2.11. The van der Waals surface area contributed by atoms with E-state index in [4.69, 9.17) is 5.11 Å². The SMILES string of the molecule is C=CCN(CCO)C(=O)c1ccc(F)c(F)c1. The Balaban J connectivity index is 2.92. The summed E-state index contributed by atoms with van der Waals surface area (Å²) in [4.78, 5) is 13.2. The number of carbonyl (C=O) groups is 1. The van der Waals surface area contributed by atoms with E-state index in [2.05, 4.69) is 6.58 Å². The lowest BCUT2D eigenvalue weighted by Crippen LogP contribution is -2.33. The molecule has 92 valence electrons. The summed E-state index contributed by atoms with van der Waals surface area (Å²) in [5.74, 6) is -2.55. The van der Waals surface area contributed by atoms with Crippen LogP contribution in [0.15, 0.2) is 30.9 Å². The fraction of sp³-hybridized carbons (Fsp3) is 0.250. The van der Waals surface area contributed by atoms with Crippen molar-refractivity contribution >= 4 is 5.91 Å². The summed E-state index contributed by atoms with van der Waals surface area (Å²) in [7, 11) is 0. The van der Waals surface area contributed by atoms with Crippen LogP contribution in [0.5, 0.6) is 0 Å². The maximum absolute atomic E-state index is 13.0. The van der Waals surface area contributed by atoms with Crippen molar-refractivity contribution in [2.75, 3.05) is 19.7 Å². The Bertz CT molecular complexity index is 421. The molecule has 0 aromatic heterocycles. The molecule has 0 fully saturated rings. The molecule has 3 nitrogen and oxygen atoms in total. The van der Waals surface area contributed by atoms with Crippen LogP contribution in [0, 0.1) is 11.6 Å². The lowest BCUT2D eigenvalue weighted by molar-refractivity contribution is 0.0742. The molecule has 1 rings (SSSR count). The van der Waals surface area contributed by atoms with Gasteiger partial charge in [-0.15, -0.1) is 6.58 Å². The maximum atomic E-state index is 13.0. The summed E-state index contributed by atoms with van der Waals surface area (Å²) in [5, 5.41) is 8.80. The van der Waals surface area contributed by atoms with E-state index in [9.17, 15) is 13.6 Å². The summed E-state index contributed by atoms with van der Waals surface area (Å²) in [6.45, 7) is 3.63. The van der Waals surface area contributed by atoms with Crippen LogP contribution in [0.4, 0.5) is 8.78 Å². The second-order valence-electron chi connectivity index (χ2n) is 3.39. The second kappa shape index (κ2) is 6.10. The van der Waals surface area contributed by atoms with Crippen LogP contribution >= 0.6 is 0 Å². The van der Waals surface area contributed by atoms with Crippen molar-refractivity contribution in [2.24, 2.45) is 0 Å². The number of halogens is 2. The highest BCUT2D eigenvalue weighted by atomic mass is 19.2. The molecule has 1 N–H and O–H groups in total. The molecule has 0 radical (unpaired) electrons. The average molecular weight is 241 g/mol. The lowest BCUT2D eigenvalue weighted by atomic mass is 10.2. The van der Waals surface area contributed by atoms with Crippen molar-refractivity contribution in [1.82, 2.24) is 4.90 Å². The zero-order valence-corrected chi connectivity index (χ0v) is 9.20. The molecule has 0 aliphatic heterocycles. The molecule has 0 spiro atoms. The molecule has 5 heteroatoms. The van der Waals surface area contributed by atoms with Crippen molar-refractivity contribution < 1.29 is 18.7 Å². The van der Waals surface area contributed by atoms with Gasteiger partial charge in [0.1, 0.15) is 0 Å². The molecular formula is C12H13F2NO2. The topological polar surface area (TPSA) is 40.5 Å². The van der Waals surface area contributed by atoms with Gasteiger partial charge in [0.2, 0.25) is 0 Å². The van der Waals surface area contributed by atoms with Gasteiger partial charge in [-0.3, -0.25) is 4.79 Å². The van der Waals surface area contributed by atoms with E-state index in [1.807, 2.05) is 0 Å². The molecule has 0 aliphatic carbocycles. The average Bonchev–Trinajstić information content (AvgIpc) is 2.31. The Kier molecular flexibility index (Phi) is 4.78. The predicted octanol–water partition coefficient (Wildman–Crippen LogP) is 1.59. The Morgan fingerprint density at radius 2 is 2.12 bits per heavy atom. The summed E-state index contributed by atoms with van der Waals surface area (Å²) in [6.07, 6.45) is 1.49. The molecule has 0 bridgehead atoms. The first-order valence-electron chi connectivity index (χ1n) is 5.06. The van der Waals surface area contributed by atoms with E-state index >= 15 is 0 Å². The van der Waals surface area contributed by atoms with Gasteiger partial charge < -0.3 is 10.0 Å². The van der Waals surface area contributed by atoms with Crippen molar-refractivity contribution in [1.29, 1.82) is 0 Å². The van der Waals surface area contributed by atoms with Crippen molar-refractivity contribution in [3.05, 3.63) is 48.1 Å². The van der Waals surface area contributed by atoms with Gasteiger partial charge in [0.25, 0.3) is 5.91 Å². The number of benzene rings is 1. The standard InChI is InChI=1S/C12H13F2NO2/c1-2-5-15(6-7-16)12(17)9-3-4-10(13)11(14)8-9/h2-4,8,16H,1,5-7H2. The van der Waals surface area contributed by atoms with Gasteiger partial charge in [-0.25, -0.2) is 8.78 Å². The number of aliphatic hydroxyl groups is 1. The number of carbonyl (C=O) groups excluding carboxylic acids is 1. The Morgan fingerprint density at radius 1 is 1.41 bits per heavy atom. The first-order valence-corrected chi connectivity index (χ1v) is 5.06. The van der Waals surface area contributed by atoms with E-state index in [-0.39, 0.29) is 25.3 Å². The Labute approximate surface area is 98.0 Å². The number of amides is 1. The highest BCUT2D eigenvalue weighted by Gasteiger charge is 2.15. The minimum atomic E-state index is -1.07. The molecule has 1 aromatic carbocycles. The maximum Gasteiger partial charge on any atom is 0.254 e. The third kappa shape index (κ3) is 3.35. The van der Waals surface area contributed by atoms with Gasteiger partial charge in [0, 0.05) is 18.7 Å². The van der Waals surface area contributed by atoms with Crippen molar-refractivity contribution in [2.45, 2.75) is 0 Å². The zero-order chi connectivity index (χ0) is 12.8. The van der Waals surface area contributed by atoms with Crippen LogP contribution in [-0.4, -0.2) is 35.6 Å². The van der Waals surface area contributed by atoms with Crippen LogP contribution in [-0.2, 0) is 0 Å². The first-order chi connectivity index (χ1) is 8.10. The van der Waals surface area contributed by atoms with Gasteiger partial charge in [0.15, 0.2) is 11.6 Å². The zero-order valence-electron chi connectivity index (χ0n) is 9.20. The third-order valence-corrected chi connectivity index (χ3v) is 2.17. The van der Waals surface area contributed by atoms with Gasteiger partial charge in [-0.1, -0.05) is 6.08 Å². The normalized spacial score (nSPS) is 10.1. The first kappa shape index (κ1) is 13.3. The quantitative estimate of drug-likeness (QED) is 0.795. The minimum absolute atomic E-state index is 0.0409. The van der Waals surface area contributed by atoms with Crippen LogP contribution in [0.2, 0.25) is 0 Å². The van der Waals surface area contributed by atoms with Crippen molar-refractivity contribution in [3.63, 3.8) is 0 Å². The van der Waals surface area contributed by atoms with E-state index in [0.29, 0.717) is 0 Å². The van der Waals surface area contributed by atoms with Gasteiger partial charge in [0.05, 0.1) is 6.61 Å². The summed E-state index contributed by atoms with van der Waals surface area (Å²) < 4.78 is 25.7. The number of hydrogen-bond acceptors (Lipinski definition) is 2. The molecule has 0 atom stereocenters. The molecular weight excluding hydrogens is 228 g/mol. The number of rotatable bonds is 5. The molecule has 0 unspecified atom stereocenters. The summed E-state index contributed by atoms with van der Waals surface area (Å²) in [5.41, 5.74) is 0.0409. The van der Waals surface area contributed by atoms with Crippen LogP contribution in [0.1, 0.15) is 10.4 Å². The molecule has 1 amide bonds. The molecule has 0 saturated heterocycles. The molecule has 17 heavy (non-hydrogen) atoms. The van der Waals surface area contributed by atoms with Crippen LogP contribution in [0.3, 0.4) is 0 Å². The molecule has 0 saturated carbocycles. The monoisotopic (exact) mass is 241 g/mol. The van der Waals surface area contributed by atoms with Gasteiger partial charge in [-0.2, -0.15) is 0 Å². The van der Waals surface area contributed by atoms with Gasteiger partial charge in [-0.05, 0) is 18.2 Å². The third-order valence-electron chi connectivity index (χ3n) is 2.17. The van der Waals surface area contributed by atoms with Crippen LogP contribution in [0.25, 0.3) is 0 Å². The molecule has 1 aromatic rings. The Morgan fingerprint density at radius 3 is 2.65 bits per heavy atom. The molecule has 0 aliphatic rings. The van der Waals surface area contributed by atoms with E-state index < -0.39 is 17.5 Å². The highest BCUT2D eigenvalue weighted by molar-refractivity contribution is 5.94. The number of aliphatic hydroxyl groups excluding tert-OH is 1. The smallest absolute Gasteiger partial charge is 0.254 e. The fourth-order valence-electron chi connectivity index (χ4n) is 1.36. The summed E-state index contributed by atoms with van der Waals surface area (Å²) >= 11 is 0. The Hall–Kier alpha value is -1.75. The number of nitrogens with zero attached hydrogens (tertiary/aromatic N) is 1. The number of hydrogen-bond donors (Lipinski definition) is 1. The predicted molar refractivity (Wildman–Crippen MR) is 59.5 cm³/mol.